The normalized spacial score (nSPS) is 15.4. The van der Waals surface area contributed by atoms with Gasteiger partial charge in [0.2, 0.25) is 5.71 Å². The van der Waals surface area contributed by atoms with Gasteiger partial charge in [0.05, 0.1) is 15.8 Å². The largest absolute Gasteiger partial charge is 0.382 e. The lowest BCUT2D eigenvalue weighted by Crippen LogP contribution is -2.21. The fourth-order valence-electron chi connectivity index (χ4n) is 1.56. The van der Waals surface area contributed by atoms with Gasteiger partial charge in [-0.2, -0.15) is 10.4 Å². The van der Waals surface area contributed by atoms with E-state index >= 15 is 0 Å². The Kier molecular flexibility index (Phi) is 3.72. The molecule has 0 radical (unpaired) electrons. The number of sulfone groups is 1. The van der Waals surface area contributed by atoms with Crippen LogP contribution in [-0.4, -0.2) is 25.2 Å². The molecule has 20 heavy (non-hydrogen) atoms. The second kappa shape index (κ2) is 5.30. The molecule has 1 aromatic carbocycles. The van der Waals surface area contributed by atoms with Crippen molar-refractivity contribution in [3.05, 3.63) is 24.3 Å². The molecule has 7 nitrogen and oxygen atoms in total. The molecule has 4 N–H and O–H groups in total. The van der Waals surface area contributed by atoms with E-state index in [4.69, 9.17) is 16.4 Å². The molecule has 1 aliphatic carbocycles. The van der Waals surface area contributed by atoms with Gasteiger partial charge in [-0.25, -0.2) is 8.42 Å². The van der Waals surface area contributed by atoms with Gasteiger partial charge < -0.3 is 5.73 Å². The SMILES string of the molecule is N#C/C(=N\Nc1ccc(S(=O)(=O)C2CC2)cc1)C(=N)N. The van der Waals surface area contributed by atoms with Crippen LogP contribution < -0.4 is 11.2 Å². The summed E-state index contributed by atoms with van der Waals surface area (Å²) in [5.41, 5.74) is 7.97. The van der Waals surface area contributed by atoms with Crippen molar-refractivity contribution in [2.75, 3.05) is 5.43 Å². The Morgan fingerprint density at radius 3 is 2.45 bits per heavy atom. The average Bonchev–Trinajstić information content (AvgIpc) is 3.24. The number of nitrogens with two attached hydrogens (primary N) is 1. The number of benzene rings is 1. The van der Waals surface area contributed by atoms with Crippen molar-refractivity contribution < 1.29 is 8.42 Å². The molecule has 2 rings (SSSR count). The third kappa shape index (κ3) is 2.95. The first kappa shape index (κ1) is 14.0. The van der Waals surface area contributed by atoms with Crippen LogP contribution in [-0.2, 0) is 9.84 Å². The number of amidine groups is 1. The lowest BCUT2D eigenvalue weighted by atomic mass is 10.3. The first-order chi connectivity index (χ1) is 9.45. The molecule has 0 heterocycles. The summed E-state index contributed by atoms with van der Waals surface area (Å²) in [6.45, 7) is 0. The number of hydrogen-bond acceptors (Lipinski definition) is 6. The fraction of sp³-hybridized carbons (Fsp3) is 0.250. The Morgan fingerprint density at radius 1 is 1.40 bits per heavy atom. The van der Waals surface area contributed by atoms with Crippen molar-refractivity contribution in [3.63, 3.8) is 0 Å². The van der Waals surface area contributed by atoms with Gasteiger partial charge in [0.1, 0.15) is 6.07 Å². The summed E-state index contributed by atoms with van der Waals surface area (Å²) in [7, 11) is -3.20. The minimum atomic E-state index is -3.20. The summed E-state index contributed by atoms with van der Waals surface area (Å²) in [6, 6.07) is 7.75. The topological polar surface area (TPSA) is 132 Å². The predicted molar refractivity (Wildman–Crippen MR) is 75.2 cm³/mol. The average molecular weight is 291 g/mol. The van der Waals surface area contributed by atoms with Gasteiger partial charge in [0, 0.05) is 0 Å². The van der Waals surface area contributed by atoms with Gasteiger partial charge in [0.15, 0.2) is 15.7 Å². The molecule has 104 valence electrons. The lowest BCUT2D eigenvalue weighted by Gasteiger charge is -2.04. The van der Waals surface area contributed by atoms with E-state index in [-0.39, 0.29) is 15.9 Å². The highest BCUT2D eigenvalue weighted by molar-refractivity contribution is 7.92. The zero-order valence-corrected chi connectivity index (χ0v) is 11.3. The molecule has 0 unspecified atom stereocenters. The van der Waals surface area contributed by atoms with E-state index in [1.165, 1.54) is 12.1 Å². The van der Waals surface area contributed by atoms with E-state index in [0.717, 1.165) is 12.8 Å². The molecule has 1 fully saturated rings. The van der Waals surface area contributed by atoms with Gasteiger partial charge >= 0.3 is 0 Å². The van der Waals surface area contributed by atoms with Crippen molar-refractivity contribution in [1.29, 1.82) is 10.7 Å². The zero-order valence-electron chi connectivity index (χ0n) is 10.5. The van der Waals surface area contributed by atoms with Crippen LogP contribution in [0.2, 0.25) is 0 Å². The number of nitrogens with zero attached hydrogens (tertiary/aromatic N) is 2. The van der Waals surface area contributed by atoms with Crippen LogP contribution in [0.3, 0.4) is 0 Å². The first-order valence-corrected chi connectivity index (χ1v) is 7.42. The van der Waals surface area contributed by atoms with Crippen molar-refractivity contribution in [1.82, 2.24) is 0 Å². The van der Waals surface area contributed by atoms with Crippen molar-refractivity contribution >= 4 is 27.1 Å². The molecular formula is C12H13N5O2S. The molecular weight excluding hydrogens is 278 g/mol. The van der Waals surface area contributed by atoms with Gasteiger partial charge in [-0.1, -0.05) is 0 Å². The van der Waals surface area contributed by atoms with Crippen molar-refractivity contribution in [2.24, 2.45) is 10.8 Å². The van der Waals surface area contributed by atoms with Crippen LogP contribution in [0.1, 0.15) is 12.8 Å². The number of hydrazone groups is 1. The van der Waals surface area contributed by atoms with E-state index in [1.807, 2.05) is 0 Å². The predicted octanol–water partition coefficient (Wildman–Crippen LogP) is 0.850. The Morgan fingerprint density at radius 2 is 2.00 bits per heavy atom. The zero-order chi connectivity index (χ0) is 14.8. The number of nitrogens with one attached hydrogen (secondary N) is 2. The number of rotatable bonds is 5. The minimum absolute atomic E-state index is 0.236. The Bertz CT molecular complexity index is 696. The van der Waals surface area contributed by atoms with E-state index in [9.17, 15) is 8.42 Å². The molecule has 0 aliphatic heterocycles. The Balaban J connectivity index is 2.13. The summed E-state index contributed by atoms with van der Waals surface area (Å²) >= 11 is 0. The summed E-state index contributed by atoms with van der Waals surface area (Å²) in [4.78, 5) is 0.279. The minimum Gasteiger partial charge on any atom is -0.382 e. The number of nitriles is 1. The fourth-order valence-corrected chi connectivity index (χ4v) is 3.21. The summed E-state index contributed by atoms with van der Waals surface area (Å²) < 4.78 is 23.9. The summed E-state index contributed by atoms with van der Waals surface area (Å²) in [6.07, 6.45) is 1.44. The molecule has 0 saturated heterocycles. The van der Waals surface area contributed by atoms with E-state index in [1.54, 1.807) is 18.2 Å². The van der Waals surface area contributed by atoms with E-state index in [0.29, 0.717) is 5.69 Å². The van der Waals surface area contributed by atoms with E-state index in [2.05, 4.69) is 10.5 Å². The monoisotopic (exact) mass is 291 g/mol. The molecule has 0 spiro atoms. The number of anilines is 1. The first-order valence-electron chi connectivity index (χ1n) is 5.87. The summed E-state index contributed by atoms with van der Waals surface area (Å²) in [5, 5.41) is 19.2. The maximum absolute atomic E-state index is 12.0. The highest BCUT2D eigenvalue weighted by Crippen LogP contribution is 2.33. The van der Waals surface area contributed by atoms with Gasteiger partial charge in [0.25, 0.3) is 0 Å². The van der Waals surface area contributed by atoms with Crippen molar-refractivity contribution in [2.45, 2.75) is 23.0 Å². The highest BCUT2D eigenvalue weighted by atomic mass is 32.2. The van der Waals surface area contributed by atoms with E-state index < -0.39 is 15.7 Å². The van der Waals surface area contributed by atoms with Gasteiger partial charge in [-0.15, -0.1) is 0 Å². The second-order valence-corrected chi connectivity index (χ2v) is 6.59. The third-order valence-corrected chi connectivity index (χ3v) is 5.08. The molecule has 1 aromatic rings. The number of hydrogen-bond donors (Lipinski definition) is 3. The van der Waals surface area contributed by atoms with Crippen LogP contribution in [0, 0.1) is 16.7 Å². The molecule has 8 heteroatoms. The maximum Gasteiger partial charge on any atom is 0.201 e. The molecule has 0 atom stereocenters. The Hall–Kier alpha value is -2.40. The molecule has 1 saturated carbocycles. The van der Waals surface area contributed by atoms with Crippen molar-refractivity contribution in [3.8, 4) is 6.07 Å². The molecule has 0 aromatic heterocycles. The molecule has 0 bridgehead atoms. The smallest absolute Gasteiger partial charge is 0.201 e. The highest BCUT2D eigenvalue weighted by Gasteiger charge is 2.36. The summed E-state index contributed by atoms with van der Waals surface area (Å²) in [5.74, 6) is -0.437. The van der Waals surface area contributed by atoms with Crippen LogP contribution in [0.4, 0.5) is 5.69 Å². The molecule has 1 aliphatic rings. The van der Waals surface area contributed by atoms with Crippen LogP contribution in [0.25, 0.3) is 0 Å². The maximum atomic E-state index is 12.0. The standard InChI is InChI=1S/C12H13N5O2S/c13-7-11(12(14)15)17-16-8-1-3-9(4-2-8)20(18,19)10-5-6-10/h1-4,10,16H,5-6H2,(H3,14,15)/b17-11+. The Labute approximate surface area is 116 Å². The quantitative estimate of drug-likeness (QED) is 0.420. The third-order valence-electron chi connectivity index (χ3n) is 2.80. The lowest BCUT2D eigenvalue weighted by molar-refractivity contribution is 0.595. The second-order valence-electron chi connectivity index (χ2n) is 4.37. The van der Waals surface area contributed by atoms with Crippen LogP contribution in [0.15, 0.2) is 34.3 Å². The van der Waals surface area contributed by atoms with Gasteiger partial charge in [-0.05, 0) is 37.1 Å². The van der Waals surface area contributed by atoms with Crippen LogP contribution in [0.5, 0.6) is 0 Å². The van der Waals surface area contributed by atoms with Gasteiger partial charge in [-0.3, -0.25) is 10.8 Å². The van der Waals surface area contributed by atoms with Crippen LogP contribution >= 0.6 is 0 Å². The molecule has 0 amide bonds.